The summed E-state index contributed by atoms with van der Waals surface area (Å²) in [5.41, 5.74) is 0.987. The van der Waals surface area contributed by atoms with Crippen LogP contribution in [0.15, 0.2) is 12.1 Å². The van der Waals surface area contributed by atoms with E-state index >= 15 is 0 Å². The van der Waals surface area contributed by atoms with Crippen molar-refractivity contribution in [3.63, 3.8) is 0 Å². The molecule has 0 bridgehead atoms. The van der Waals surface area contributed by atoms with Crippen LogP contribution in [0.5, 0.6) is 5.88 Å². The minimum Gasteiger partial charge on any atom is -0.480 e. The summed E-state index contributed by atoms with van der Waals surface area (Å²) in [4.78, 5) is 2.41. The van der Waals surface area contributed by atoms with E-state index in [2.05, 4.69) is 15.1 Å². The van der Waals surface area contributed by atoms with Crippen LogP contribution in [0.4, 0.5) is 0 Å². The molecule has 2 saturated heterocycles. The van der Waals surface area contributed by atoms with Gasteiger partial charge in [0.1, 0.15) is 0 Å². The summed E-state index contributed by atoms with van der Waals surface area (Å²) in [7, 11) is 1.60. The summed E-state index contributed by atoms with van der Waals surface area (Å²) >= 11 is 0. The Hall–Kier alpha value is -1.24. The molecule has 2 aliphatic heterocycles. The van der Waals surface area contributed by atoms with E-state index in [-0.39, 0.29) is 0 Å². The molecule has 0 radical (unpaired) electrons. The zero-order valence-corrected chi connectivity index (χ0v) is 13.9. The maximum Gasteiger partial charge on any atom is 0.233 e. The van der Waals surface area contributed by atoms with E-state index in [9.17, 15) is 0 Å². The smallest absolute Gasteiger partial charge is 0.233 e. The van der Waals surface area contributed by atoms with Crippen molar-refractivity contribution in [1.82, 2.24) is 15.1 Å². The van der Waals surface area contributed by atoms with Gasteiger partial charge < -0.3 is 14.2 Å². The Morgan fingerprint density at radius 1 is 1.17 bits per heavy atom. The minimum atomic E-state index is 0.316. The van der Waals surface area contributed by atoms with Crippen LogP contribution in [0.1, 0.15) is 37.8 Å². The molecule has 0 aliphatic carbocycles. The molecule has 0 spiro atoms. The molecular formula is C17H27N3O3. The van der Waals surface area contributed by atoms with Gasteiger partial charge in [0.2, 0.25) is 5.88 Å². The molecule has 3 rings (SSSR count). The lowest BCUT2D eigenvalue weighted by molar-refractivity contribution is -0.0754. The van der Waals surface area contributed by atoms with E-state index < -0.39 is 0 Å². The number of hydrogen-bond donors (Lipinski definition) is 0. The SMILES string of the molecule is COc1ccc(CN2CCC(OC[C@H]3CCCCO3)CC2)nn1. The molecule has 0 unspecified atom stereocenters. The lowest BCUT2D eigenvalue weighted by atomic mass is 10.1. The predicted molar refractivity (Wildman–Crippen MR) is 86.4 cm³/mol. The Kier molecular flexibility index (Phi) is 6.19. The molecular weight excluding hydrogens is 294 g/mol. The third kappa shape index (κ3) is 5.12. The number of rotatable bonds is 6. The average Bonchev–Trinajstić information content (AvgIpc) is 2.63. The first-order chi connectivity index (χ1) is 11.3. The molecule has 2 aliphatic rings. The van der Waals surface area contributed by atoms with Gasteiger partial charge in [0, 0.05) is 32.3 Å². The molecule has 6 heteroatoms. The lowest BCUT2D eigenvalue weighted by Crippen LogP contribution is -2.38. The number of hydrogen-bond acceptors (Lipinski definition) is 6. The Labute approximate surface area is 138 Å². The van der Waals surface area contributed by atoms with Crippen molar-refractivity contribution in [2.45, 2.75) is 50.9 Å². The Balaban J connectivity index is 1.36. The fourth-order valence-electron chi connectivity index (χ4n) is 3.19. The summed E-state index contributed by atoms with van der Waals surface area (Å²) in [6, 6.07) is 3.84. The summed E-state index contributed by atoms with van der Waals surface area (Å²) < 4.78 is 16.8. The van der Waals surface area contributed by atoms with Crippen LogP contribution in [0.25, 0.3) is 0 Å². The van der Waals surface area contributed by atoms with E-state index in [1.165, 1.54) is 12.8 Å². The van der Waals surface area contributed by atoms with Gasteiger partial charge in [0.15, 0.2) is 0 Å². The van der Waals surface area contributed by atoms with Crippen LogP contribution in [0.2, 0.25) is 0 Å². The van der Waals surface area contributed by atoms with Gasteiger partial charge in [-0.3, -0.25) is 4.90 Å². The maximum atomic E-state index is 6.06. The molecule has 23 heavy (non-hydrogen) atoms. The van der Waals surface area contributed by atoms with E-state index in [1.54, 1.807) is 7.11 Å². The van der Waals surface area contributed by atoms with Gasteiger partial charge >= 0.3 is 0 Å². The Morgan fingerprint density at radius 3 is 2.70 bits per heavy atom. The van der Waals surface area contributed by atoms with Gasteiger partial charge in [-0.15, -0.1) is 5.10 Å². The van der Waals surface area contributed by atoms with Gasteiger partial charge in [0.05, 0.1) is 31.6 Å². The topological polar surface area (TPSA) is 56.7 Å². The molecule has 0 amide bonds. The van der Waals surface area contributed by atoms with Gasteiger partial charge in [-0.05, 0) is 38.2 Å². The molecule has 1 atom stereocenters. The molecule has 1 aromatic heterocycles. The highest BCUT2D eigenvalue weighted by Crippen LogP contribution is 2.19. The number of likely N-dealkylation sites (tertiary alicyclic amines) is 1. The number of ether oxygens (including phenoxy) is 3. The average molecular weight is 321 g/mol. The van der Waals surface area contributed by atoms with Crippen molar-refractivity contribution in [1.29, 1.82) is 0 Å². The Morgan fingerprint density at radius 2 is 2.04 bits per heavy atom. The zero-order valence-electron chi connectivity index (χ0n) is 13.9. The molecule has 1 aromatic rings. The van der Waals surface area contributed by atoms with Crippen molar-refractivity contribution in [3.05, 3.63) is 17.8 Å². The number of nitrogens with zero attached hydrogens (tertiary/aromatic N) is 3. The van der Waals surface area contributed by atoms with Crippen molar-refractivity contribution in [3.8, 4) is 5.88 Å². The maximum absolute atomic E-state index is 6.06. The largest absolute Gasteiger partial charge is 0.480 e. The second-order valence-electron chi connectivity index (χ2n) is 6.36. The summed E-state index contributed by atoms with van der Waals surface area (Å²) in [5.74, 6) is 0.561. The van der Waals surface area contributed by atoms with Crippen LogP contribution < -0.4 is 4.74 Å². The third-order valence-electron chi connectivity index (χ3n) is 4.62. The summed E-state index contributed by atoms with van der Waals surface area (Å²) in [5, 5.41) is 8.22. The van der Waals surface area contributed by atoms with Gasteiger partial charge in [-0.1, -0.05) is 0 Å². The molecule has 3 heterocycles. The second kappa shape index (κ2) is 8.57. The highest BCUT2D eigenvalue weighted by atomic mass is 16.5. The van der Waals surface area contributed by atoms with Crippen LogP contribution in [0, 0.1) is 0 Å². The fraction of sp³-hybridized carbons (Fsp3) is 0.765. The highest BCUT2D eigenvalue weighted by Gasteiger charge is 2.22. The predicted octanol–water partition coefficient (Wildman–Crippen LogP) is 2.04. The van der Waals surface area contributed by atoms with Crippen LogP contribution in [-0.2, 0) is 16.0 Å². The lowest BCUT2D eigenvalue weighted by Gasteiger charge is -2.32. The molecule has 128 valence electrons. The molecule has 0 saturated carbocycles. The zero-order chi connectivity index (χ0) is 15.9. The third-order valence-corrected chi connectivity index (χ3v) is 4.62. The normalized spacial score (nSPS) is 23.8. The van der Waals surface area contributed by atoms with Crippen molar-refractivity contribution in [2.24, 2.45) is 0 Å². The first-order valence-electron chi connectivity index (χ1n) is 8.65. The Bertz CT molecular complexity index is 455. The number of aromatic nitrogens is 2. The quantitative estimate of drug-likeness (QED) is 0.799. The van der Waals surface area contributed by atoms with E-state index in [1.807, 2.05) is 12.1 Å². The standard InChI is InChI=1S/C17H27N3O3/c1-21-17-6-5-14(18-19-17)12-20-9-7-15(8-10-20)23-13-16-4-2-3-11-22-16/h5-6,15-16H,2-4,7-13H2,1H3/t16-/m1/s1. The first kappa shape index (κ1) is 16.6. The van der Waals surface area contributed by atoms with Crippen LogP contribution in [-0.4, -0.2) is 60.7 Å². The molecule has 2 fully saturated rings. The summed E-state index contributed by atoms with van der Waals surface area (Å²) in [6.07, 6.45) is 6.47. The molecule has 0 aromatic carbocycles. The monoisotopic (exact) mass is 321 g/mol. The van der Waals surface area contributed by atoms with Crippen molar-refractivity contribution >= 4 is 0 Å². The number of methoxy groups -OCH3 is 1. The van der Waals surface area contributed by atoms with Crippen LogP contribution in [0.3, 0.4) is 0 Å². The second-order valence-corrected chi connectivity index (χ2v) is 6.36. The van der Waals surface area contributed by atoms with Gasteiger partial charge in [-0.25, -0.2) is 0 Å². The van der Waals surface area contributed by atoms with Crippen molar-refractivity contribution in [2.75, 3.05) is 33.4 Å². The van der Waals surface area contributed by atoms with E-state index in [0.717, 1.165) is 57.8 Å². The number of piperidine rings is 1. The minimum absolute atomic E-state index is 0.316. The fourth-order valence-corrected chi connectivity index (χ4v) is 3.19. The molecule has 0 N–H and O–H groups in total. The van der Waals surface area contributed by atoms with Crippen molar-refractivity contribution < 1.29 is 14.2 Å². The van der Waals surface area contributed by atoms with Gasteiger partial charge in [0.25, 0.3) is 0 Å². The summed E-state index contributed by atoms with van der Waals surface area (Å²) in [6.45, 7) is 4.59. The highest BCUT2D eigenvalue weighted by molar-refractivity contribution is 5.11. The van der Waals surface area contributed by atoms with Crippen LogP contribution >= 0.6 is 0 Å². The van der Waals surface area contributed by atoms with E-state index in [0.29, 0.717) is 18.1 Å². The molecule has 6 nitrogen and oxygen atoms in total. The first-order valence-corrected chi connectivity index (χ1v) is 8.65. The van der Waals surface area contributed by atoms with E-state index in [4.69, 9.17) is 14.2 Å². The van der Waals surface area contributed by atoms with Gasteiger partial charge in [-0.2, -0.15) is 5.10 Å².